The minimum absolute atomic E-state index is 0.161. The first-order valence-corrected chi connectivity index (χ1v) is 9.90. The highest BCUT2D eigenvalue weighted by Gasteiger charge is 2.26. The molecule has 9 nitrogen and oxygen atoms in total. The number of fused-ring (bicyclic) bond motifs is 1. The van der Waals surface area contributed by atoms with Crippen molar-refractivity contribution in [2.75, 3.05) is 35.3 Å². The van der Waals surface area contributed by atoms with Gasteiger partial charge in [0.1, 0.15) is 17.7 Å². The summed E-state index contributed by atoms with van der Waals surface area (Å²) < 4.78 is 0. The fourth-order valence-electron chi connectivity index (χ4n) is 3.64. The van der Waals surface area contributed by atoms with Gasteiger partial charge in [-0.05, 0) is 37.6 Å². The molecule has 1 atom stereocenters. The zero-order valence-electron chi connectivity index (χ0n) is 17.4. The summed E-state index contributed by atoms with van der Waals surface area (Å²) in [5, 5.41) is 13.1. The number of anilines is 3. The van der Waals surface area contributed by atoms with Crippen molar-refractivity contribution in [2.45, 2.75) is 19.4 Å². The van der Waals surface area contributed by atoms with Crippen molar-refractivity contribution in [2.24, 2.45) is 0 Å². The Labute approximate surface area is 180 Å². The molecule has 1 aliphatic rings. The van der Waals surface area contributed by atoms with Gasteiger partial charge in [0.2, 0.25) is 11.9 Å². The van der Waals surface area contributed by atoms with E-state index in [-0.39, 0.29) is 11.9 Å². The number of carbonyl (C=O) groups excluding carboxylic acids is 1. The third-order valence-corrected chi connectivity index (χ3v) is 5.27. The van der Waals surface area contributed by atoms with Crippen molar-refractivity contribution in [3.8, 4) is 6.07 Å². The predicted molar refractivity (Wildman–Crippen MR) is 119 cm³/mol. The second kappa shape index (κ2) is 8.36. The van der Waals surface area contributed by atoms with Gasteiger partial charge in [0.25, 0.3) is 0 Å². The molecule has 2 aromatic heterocycles. The number of nitriles is 1. The van der Waals surface area contributed by atoms with Crippen LogP contribution in [0.5, 0.6) is 0 Å². The number of benzene rings is 1. The second-order valence-electron chi connectivity index (χ2n) is 7.38. The summed E-state index contributed by atoms with van der Waals surface area (Å²) in [7, 11) is 1.71. The number of carbonyl (C=O) groups is 1. The Balaban J connectivity index is 1.57. The molecular formula is C22H22N8O. The largest absolute Gasteiger partial charge is 0.354 e. The van der Waals surface area contributed by atoms with Crippen LogP contribution in [0.15, 0.2) is 43.2 Å². The fraction of sp³-hybridized carbons (Fsp3) is 0.273. The van der Waals surface area contributed by atoms with Gasteiger partial charge < -0.3 is 15.1 Å². The molecule has 3 heterocycles. The van der Waals surface area contributed by atoms with Crippen LogP contribution in [0.2, 0.25) is 0 Å². The smallest absolute Gasteiger partial charge is 0.250 e. The Morgan fingerprint density at radius 2 is 2.13 bits per heavy atom. The van der Waals surface area contributed by atoms with Crippen molar-refractivity contribution in [3.63, 3.8) is 0 Å². The van der Waals surface area contributed by atoms with E-state index in [1.807, 2.05) is 31.2 Å². The standard InChI is InChI=1S/C22H22N8O/c1-4-20(31)29(3)17-5-6-18-19(9-17)26-14(2)27-21(18)30-8-7-16(13-30)28-22-24-11-15(10-23)12-25-22/h4-6,9,11-12,16H,1,7-8,13H2,2-3H3,(H,24,25,28)/t16-/m1/s1. The zero-order chi connectivity index (χ0) is 22.0. The van der Waals surface area contributed by atoms with Crippen molar-refractivity contribution in [3.05, 3.63) is 54.6 Å². The molecule has 0 aliphatic carbocycles. The highest BCUT2D eigenvalue weighted by molar-refractivity contribution is 6.02. The van der Waals surface area contributed by atoms with E-state index in [9.17, 15) is 4.79 Å². The summed E-state index contributed by atoms with van der Waals surface area (Å²) in [6.07, 6.45) is 5.21. The molecule has 0 radical (unpaired) electrons. The number of amides is 1. The minimum atomic E-state index is -0.177. The van der Waals surface area contributed by atoms with E-state index in [1.165, 1.54) is 23.4 Å². The van der Waals surface area contributed by atoms with E-state index in [0.717, 1.165) is 41.9 Å². The monoisotopic (exact) mass is 414 g/mol. The van der Waals surface area contributed by atoms with Gasteiger partial charge in [0, 0.05) is 37.3 Å². The van der Waals surface area contributed by atoms with Gasteiger partial charge in [-0.15, -0.1) is 0 Å². The molecule has 3 aromatic rings. The number of likely N-dealkylation sites (N-methyl/N-ethyl adjacent to an activating group) is 1. The summed E-state index contributed by atoms with van der Waals surface area (Å²) in [5.41, 5.74) is 1.97. The van der Waals surface area contributed by atoms with E-state index in [1.54, 1.807) is 7.05 Å². The maximum atomic E-state index is 11.9. The van der Waals surface area contributed by atoms with Crippen molar-refractivity contribution in [1.29, 1.82) is 5.26 Å². The third-order valence-electron chi connectivity index (χ3n) is 5.27. The first-order valence-electron chi connectivity index (χ1n) is 9.90. The number of rotatable bonds is 5. The van der Waals surface area contributed by atoms with Gasteiger partial charge in [-0.1, -0.05) is 6.58 Å². The first kappa shape index (κ1) is 20.2. The number of aromatic nitrogens is 4. The summed E-state index contributed by atoms with van der Waals surface area (Å²) in [6.45, 7) is 6.98. The molecule has 1 aliphatic heterocycles. The van der Waals surface area contributed by atoms with Crippen LogP contribution in [0, 0.1) is 18.3 Å². The highest BCUT2D eigenvalue weighted by Crippen LogP contribution is 2.30. The van der Waals surface area contributed by atoms with E-state index < -0.39 is 0 Å². The summed E-state index contributed by atoms with van der Waals surface area (Å²) >= 11 is 0. The molecule has 1 N–H and O–H groups in total. The van der Waals surface area contributed by atoms with Crippen molar-refractivity contribution < 1.29 is 4.79 Å². The van der Waals surface area contributed by atoms with Gasteiger partial charge in [0.05, 0.1) is 23.5 Å². The molecule has 1 fully saturated rings. The van der Waals surface area contributed by atoms with Crippen LogP contribution < -0.4 is 15.1 Å². The number of nitrogens with zero attached hydrogens (tertiary/aromatic N) is 7. The molecular weight excluding hydrogens is 392 g/mol. The van der Waals surface area contributed by atoms with Gasteiger partial charge in [-0.25, -0.2) is 19.9 Å². The molecule has 156 valence electrons. The van der Waals surface area contributed by atoms with Crippen LogP contribution >= 0.6 is 0 Å². The van der Waals surface area contributed by atoms with Crippen LogP contribution in [0.4, 0.5) is 17.5 Å². The average Bonchev–Trinajstić information content (AvgIpc) is 3.25. The Bertz CT molecular complexity index is 1180. The second-order valence-corrected chi connectivity index (χ2v) is 7.38. The normalized spacial score (nSPS) is 15.5. The Morgan fingerprint density at radius 1 is 1.35 bits per heavy atom. The van der Waals surface area contributed by atoms with Crippen LogP contribution in [-0.4, -0.2) is 52.0 Å². The maximum Gasteiger partial charge on any atom is 0.250 e. The number of aryl methyl sites for hydroxylation is 1. The van der Waals surface area contributed by atoms with Gasteiger partial charge in [-0.2, -0.15) is 5.26 Å². The number of nitrogens with one attached hydrogen (secondary N) is 1. The molecule has 1 aromatic carbocycles. The topological polar surface area (TPSA) is 111 Å². The van der Waals surface area contributed by atoms with Crippen molar-refractivity contribution in [1.82, 2.24) is 19.9 Å². The third kappa shape index (κ3) is 4.14. The van der Waals surface area contributed by atoms with Gasteiger partial charge >= 0.3 is 0 Å². The van der Waals surface area contributed by atoms with Gasteiger partial charge in [-0.3, -0.25) is 4.79 Å². The summed E-state index contributed by atoms with van der Waals surface area (Å²) in [5.74, 6) is 1.87. The van der Waals surface area contributed by atoms with Crippen LogP contribution in [0.3, 0.4) is 0 Å². The lowest BCUT2D eigenvalue weighted by atomic mass is 10.2. The van der Waals surface area contributed by atoms with Crippen LogP contribution in [-0.2, 0) is 4.79 Å². The lowest BCUT2D eigenvalue weighted by Gasteiger charge is -2.21. The molecule has 1 saturated heterocycles. The quantitative estimate of drug-likeness (QED) is 0.634. The molecule has 4 rings (SSSR count). The van der Waals surface area contributed by atoms with E-state index in [2.05, 4.69) is 31.7 Å². The molecule has 31 heavy (non-hydrogen) atoms. The summed E-state index contributed by atoms with van der Waals surface area (Å²) in [6, 6.07) is 7.92. The maximum absolute atomic E-state index is 11.9. The van der Waals surface area contributed by atoms with Crippen LogP contribution in [0.25, 0.3) is 10.9 Å². The molecule has 0 unspecified atom stereocenters. The minimum Gasteiger partial charge on any atom is -0.354 e. The Hall–Kier alpha value is -4.06. The zero-order valence-corrected chi connectivity index (χ0v) is 17.4. The highest BCUT2D eigenvalue weighted by atomic mass is 16.2. The van der Waals surface area contributed by atoms with E-state index in [4.69, 9.17) is 10.2 Å². The van der Waals surface area contributed by atoms with Crippen LogP contribution in [0.1, 0.15) is 17.8 Å². The molecule has 0 saturated carbocycles. The van der Waals surface area contributed by atoms with Gasteiger partial charge in [0.15, 0.2) is 0 Å². The van der Waals surface area contributed by atoms with E-state index >= 15 is 0 Å². The molecule has 0 spiro atoms. The Morgan fingerprint density at radius 3 is 2.84 bits per heavy atom. The molecule has 9 heteroatoms. The SMILES string of the molecule is C=CC(=O)N(C)c1ccc2c(N3CC[C@@H](Nc4ncc(C#N)cn4)C3)nc(C)nc2c1. The lowest BCUT2D eigenvalue weighted by molar-refractivity contribution is -0.113. The Kier molecular flexibility index (Phi) is 5.45. The molecule has 1 amide bonds. The van der Waals surface area contributed by atoms with Crippen molar-refractivity contribution >= 4 is 34.3 Å². The molecule has 0 bridgehead atoms. The fourth-order valence-corrected chi connectivity index (χ4v) is 3.64. The first-order chi connectivity index (χ1) is 15.0. The average molecular weight is 414 g/mol. The van der Waals surface area contributed by atoms with E-state index in [0.29, 0.717) is 17.3 Å². The lowest BCUT2D eigenvalue weighted by Crippen LogP contribution is -2.27. The number of hydrogen-bond donors (Lipinski definition) is 1. The number of hydrogen-bond acceptors (Lipinski definition) is 8. The predicted octanol–water partition coefficient (Wildman–Crippen LogP) is 2.44. The summed E-state index contributed by atoms with van der Waals surface area (Å²) in [4.78, 5) is 33.4.